The van der Waals surface area contributed by atoms with E-state index in [4.69, 9.17) is 17.0 Å². The molecule has 2 amide bonds. The van der Waals surface area contributed by atoms with Gasteiger partial charge in [-0.1, -0.05) is 49.2 Å². The lowest BCUT2D eigenvalue weighted by atomic mass is 10.0. The van der Waals surface area contributed by atoms with Crippen LogP contribution in [0.25, 0.3) is 10.8 Å². The number of hydrogen-bond donors (Lipinski definition) is 3. The van der Waals surface area contributed by atoms with E-state index in [9.17, 15) is 9.59 Å². The first-order chi connectivity index (χ1) is 13.1. The number of fused-ring (bicyclic) bond motifs is 1. The number of hydrazine groups is 1. The molecule has 0 spiro atoms. The summed E-state index contributed by atoms with van der Waals surface area (Å²) in [5.41, 5.74) is 4.96. The van der Waals surface area contributed by atoms with Gasteiger partial charge in [0.1, 0.15) is 5.75 Å². The second-order valence-electron chi connectivity index (χ2n) is 6.67. The quantitative estimate of drug-likeness (QED) is 0.545. The molecule has 0 heterocycles. The molecule has 7 heteroatoms. The molecule has 6 nitrogen and oxygen atoms in total. The molecule has 0 atom stereocenters. The Balaban J connectivity index is 1.40. The maximum atomic E-state index is 12.0. The van der Waals surface area contributed by atoms with Gasteiger partial charge in [-0.25, -0.2) is 0 Å². The van der Waals surface area contributed by atoms with Crippen molar-refractivity contribution in [1.29, 1.82) is 0 Å². The zero-order valence-corrected chi connectivity index (χ0v) is 15.8. The summed E-state index contributed by atoms with van der Waals surface area (Å²) < 4.78 is 5.60. The lowest BCUT2D eigenvalue weighted by Gasteiger charge is -2.13. The molecule has 0 aliphatic heterocycles. The minimum absolute atomic E-state index is 0.0801. The van der Waals surface area contributed by atoms with Gasteiger partial charge in [-0.05, 0) is 42.4 Å². The molecule has 142 valence electrons. The summed E-state index contributed by atoms with van der Waals surface area (Å²) in [4.78, 5) is 23.9. The Hall–Kier alpha value is -2.67. The molecule has 0 bridgehead atoms. The van der Waals surface area contributed by atoms with Gasteiger partial charge in [0.15, 0.2) is 11.7 Å². The fraction of sp³-hybridized carbons (Fsp3) is 0.350. The average molecular weight is 385 g/mol. The fourth-order valence-corrected chi connectivity index (χ4v) is 3.48. The molecule has 27 heavy (non-hydrogen) atoms. The van der Waals surface area contributed by atoms with Gasteiger partial charge in [0, 0.05) is 11.8 Å². The van der Waals surface area contributed by atoms with Gasteiger partial charge in [0.2, 0.25) is 5.91 Å². The van der Waals surface area contributed by atoms with Crippen molar-refractivity contribution < 1.29 is 14.3 Å². The molecular formula is C20H23N3O3S. The van der Waals surface area contributed by atoms with Crippen LogP contribution in [0.4, 0.5) is 0 Å². The van der Waals surface area contributed by atoms with Crippen LogP contribution in [0.3, 0.4) is 0 Å². The summed E-state index contributed by atoms with van der Waals surface area (Å²) in [5.74, 6) is 0.558. The highest BCUT2D eigenvalue weighted by Crippen LogP contribution is 2.27. The maximum Gasteiger partial charge on any atom is 0.276 e. The molecule has 1 aliphatic rings. The molecule has 1 aliphatic carbocycles. The van der Waals surface area contributed by atoms with Crippen LogP contribution in [0.15, 0.2) is 42.5 Å². The molecule has 1 saturated carbocycles. The zero-order valence-electron chi connectivity index (χ0n) is 15.0. The van der Waals surface area contributed by atoms with Crippen LogP contribution < -0.4 is 20.9 Å². The Labute approximate surface area is 163 Å². The molecular weight excluding hydrogens is 362 g/mol. The number of thiocarbonyl (C=S) groups is 1. The van der Waals surface area contributed by atoms with Crippen LogP contribution in [0.5, 0.6) is 5.75 Å². The van der Waals surface area contributed by atoms with Crippen LogP contribution in [0.2, 0.25) is 0 Å². The van der Waals surface area contributed by atoms with Gasteiger partial charge in [-0.15, -0.1) is 0 Å². The Bertz CT molecular complexity index is 829. The second-order valence-corrected chi connectivity index (χ2v) is 7.08. The Morgan fingerprint density at radius 3 is 2.56 bits per heavy atom. The number of rotatable bonds is 5. The minimum Gasteiger partial charge on any atom is -0.483 e. The highest BCUT2D eigenvalue weighted by molar-refractivity contribution is 7.80. The first kappa shape index (κ1) is 19.1. The molecule has 3 rings (SSSR count). The summed E-state index contributed by atoms with van der Waals surface area (Å²) in [5, 5.41) is 4.65. The molecule has 2 aromatic rings. The molecule has 1 fully saturated rings. The van der Waals surface area contributed by atoms with Gasteiger partial charge in [0.05, 0.1) is 0 Å². The lowest BCUT2D eigenvalue weighted by Crippen LogP contribution is -2.49. The molecule has 3 N–H and O–H groups in total. The van der Waals surface area contributed by atoms with Gasteiger partial charge >= 0.3 is 0 Å². The molecule has 0 aromatic heterocycles. The summed E-state index contributed by atoms with van der Waals surface area (Å²) in [6.07, 6.45) is 5.03. The van der Waals surface area contributed by atoms with Crippen LogP contribution in [-0.2, 0) is 9.59 Å². The van der Waals surface area contributed by atoms with Crippen LogP contribution in [0.1, 0.15) is 32.1 Å². The number of benzene rings is 2. The SMILES string of the molecule is O=C(COc1cccc2ccccc12)NNC(=S)NC(=O)CC1CCCC1. The van der Waals surface area contributed by atoms with Gasteiger partial charge in [-0.3, -0.25) is 20.4 Å². The predicted molar refractivity (Wildman–Crippen MR) is 108 cm³/mol. The van der Waals surface area contributed by atoms with E-state index in [1.807, 2.05) is 42.5 Å². The van der Waals surface area contributed by atoms with Crippen molar-refractivity contribution in [3.8, 4) is 5.75 Å². The van der Waals surface area contributed by atoms with Crippen molar-refractivity contribution in [3.05, 3.63) is 42.5 Å². The summed E-state index contributed by atoms with van der Waals surface area (Å²) in [6.45, 7) is -0.167. The Morgan fingerprint density at radius 2 is 1.74 bits per heavy atom. The number of ether oxygens (including phenoxy) is 1. The van der Waals surface area contributed by atoms with E-state index < -0.39 is 5.91 Å². The fourth-order valence-electron chi connectivity index (χ4n) is 3.31. The van der Waals surface area contributed by atoms with E-state index in [-0.39, 0.29) is 17.6 Å². The number of nitrogens with one attached hydrogen (secondary N) is 3. The number of carbonyl (C=O) groups is 2. The lowest BCUT2D eigenvalue weighted by molar-refractivity contribution is -0.124. The number of hydrogen-bond acceptors (Lipinski definition) is 4. The smallest absolute Gasteiger partial charge is 0.276 e. The van der Waals surface area contributed by atoms with Crippen molar-refractivity contribution in [3.63, 3.8) is 0 Å². The van der Waals surface area contributed by atoms with Crippen molar-refractivity contribution in [2.24, 2.45) is 5.92 Å². The van der Waals surface area contributed by atoms with E-state index in [1.54, 1.807) is 0 Å². The summed E-state index contributed by atoms with van der Waals surface area (Å²) in [6, 6.07) is 13.5. The maximum absolute atomic E-state index is 12.0. The Morgan fingerprint density at radius 1 is 1.00 bits per heavy atom. The summed E-state index contributed by atoms with van der Waals surface area (Å²) in [7, 11) is 0. The van der Waals surface area contributed by atoms with E-state index in [2.05, 4.69) is 16.2 Å². The predicted octanol–water partition coefficient (Wildman–Crippen LogP) is 2.82. The van der Waals surface area contributed by atoms with Crippen molar-refractivity contribution in [2.45, 2.75) is 32.1 Å². The first-order valence-electron chi connectivity index (χ1n) is 9.11. The van der Waals surface area contributed by atoms with E-state index in [1.165, 1.54) is 12.8 Å². The molecule has 2 aromatic carbocycles. The first-order valence-corrected chi connectivity index (χ1v) is 9.52. The van der Waals surface area contributed by atoms with Crippen LogP contribution in [0, 0.1) is 5.92 Å². The second kappa shape index (κ2) is 9.32. The highest BCUT2D eigenvalue weighted by Gasteiger charge is 2.18. The van der Waals surface area contributed by atoms with Gasteiger partial charge < -0.3 is 10.1 Å². The molecule has 0 radical (unpaired) electrons. The zero-order chi connectivity index (χ0) is 19.1. The molecule has 0 unspecified atom stereocenters. The topological polar surface area (TPSA) is 79.5 Å². The monoisotopic (exact) mass is 385 g/mol. The van der Waals surface area contributed by atoms with Crippen molar-refractivity contribution in [1.82, 2.24) is 16.2 Å². The van der Waals surface area contributed by atoms with Crippen LogP contribution >= 0.6 is 12.2 Å². The van der Waals surface area contributed by atoms with Gasteiger partial charge in [0.25, 0.3) is 5.91 Å². The Kier molecular flexibility index (Phi) is 6.59. The highest BCUT2D eigenvalue weighted by atomic mass is 32.1. The van der Waals surface area contributed by atoms with Crippen molar-refractivity contribution >= 4 is 39.9 Å². The number of carbonyl (C=O) groups excluding carboxylic acids is 2. The molecule has 0 saturated heterocycles. The largest absolute Gasteiger partial charge is 0.483 e. The average Bonchev–Trinajstić information content (AvgIpc) is 3.17. The van der Waals surface area contributed by atoms with Crippen molar-refractivity contribution in [2.75, 3.05) is 6.61 Å². The third-order valence-electron chi connectivity index (χ3n) is 4.63. The van der Waals surface area contributed by atoms with E-state index >= 15 is 0 Å². The normalized spacial score (nSPS) is 13.9. The van der Waals surface area contributed by atoms with Crippen LogP contribution in [-0.4, -0.2) is 23.5 Å². The standard InChI is InChI=1S/C20H23N3O3S/c24-18(12-14-6-1-2-7-14)21-20(27)23-22-19(25)13-26-17-11-5-9-15-8-3-4-10-16(15)17/h3-5,8-11,14H,1-2,6-7,12-13H2,(H,22,25)(H2,21,23,24,27). The van der Waals surface area contributed by atoms with E-state index in [0.29, 0.717) is 18.1 Å². The number of amides is 2. The van der Waals surface area contributed by atoms with Gasteiger partial charge in [-0.2, -0.15) is 0 Å². The third kappa shape index (κ3) is 5.65. The van der Waals surface area contributed by atoms with E-state index in [0.717, 1.165) is 23.6 Å². The minimum atomic E-state index is -0.393. The third-order valence-corrected chi connectivity index (χ3v) is 4.83. The summed E-state index contributed by atoms with van der Waals surface area (Å²) >= 11 is 5.03.